The second-order valence-electron chi connectivity index (χ2n) is 6.70. The third-order valence-corrected chi connectivity index (χ3v) is 5.65. The molecule has 0 fully saturated rings. The predicted molar refractivity (Wildman–Crippen MR) is 115 cm³/mol. The van der Waals surface area contributed by atoms with Gasteiger partial charge in [-0.3, -0.25) is 19.0 Å². The van der Waals surface area contributed by atoms with Crippen molar-refractivity contribution in [1.82, 2.24) is 14.6 Å². The molecule has 0 aliphatic heterocycles. The zero-order valence-electron chi connectivity index (χ0n) is 16.3. The van der Waals surface area contributed by atoms with Gasteiger partial charge in [-0.15, -0.1) is 0 Å². The molecule has 1 heterocycles. The highest BCUT2D eigenvalue weighted by molar-refractivity contribution is 9.10. The highest BCUT2D eigenvalue weighted by atomic mass is 79.9. The van der Waals surface area contributed by atoms with Gasteiger partial charge in [0, 0.05) is 17.1 Å². The van der Waals surface area contributed by atoms with Crippen molar-refractivity contribution in [2.75, 3.05) is 14.2 Å². The smallest absolute Gasteiger partial charge is 0.307 e. The SMILES string of the molecule is CON(C)C(=O)C(C)c1c(F)c(Cl)cc2[nH]c(=O)n(Cc3ccc(Br)cc3)c(=O)c12. The van der Waals surface area contributed by atoms with Crippen LogP contribution in [0.4, 0.5) is 4.39 Å². The molecule has 0 saturated heterocycles. The highest BCUT2D eigenvalue weighted by Gasteiger charge is 2.28. The third kappa shape index (κ3) is 4.05. The van der Waals surface area contributed by atoms with E-state index in [1.54, 1.807) is 24.3 Å². The maximum atomic E-state index is 15.0. The minimum absolute atomic E-state index is 0.0264. The number of carbonyl (C=O) groups is 1. The molecule has 158 valence electrons. The van der Waals surface area contributed by atoms with E-state index in [0.717, 1.165) is 14.1 Å². The molecule has 0 saturated carbocycles. The number of aromatic amines is 1. The van der Waals surface area contributed by atoms with E-state index < -0.39 is 28.9 Å². The molecule has 1 amide bonds. The normalized spacial score (nSPS) is 12.2. The number of nitrogens with zero attached hydrogens (tertiary/aromatic N) is 2. The first kappa shape index (κ1) is 22.2. The van der Waals surface area contributed by atoms with Crippen molar-refractivity contribution < 1.29 is 14.0 Å². The van der Waals surface area contributed by atoms with E-state index in [1.165, 1.54) is 27.1 Å². The first-order valence-electron chi connectivity index (χ1n) is 8.86. The number of carbonyl (C=O) groups excluding carboxylic acids is 1. The molecule has 2 aromatic carbocycles. The number of amides is 1. The Morgan fingerprint density at radius 2 is 1.97 bits per heavy atom. The molecule has 0 spiro atoms. The van der Waals surface area contributed by atoms with E-state index >= 15 is 4.39 Å². The van der Waals surface area contributed by atoms with Crippen LogP contribution in [0.25, 0.3) is 10.9 Å². The number of halogens is 3. The van der Waals surface area contributed by atoms with Crippen molar-refractivity contribution in [3.63, 3.8) is 0 Å². The van der Waals surface area contributed by atoms with Crippen LogP contribution in [0.15, 0.2) is 44.4 Å². The number of nitrogens with one attached hydrogen (secondary N) is 1. The molecule has 3 aromatic rings. The Morgan fingerprint density at radius 1 is 1.33 bits per heavy atom. The topological polar surface area (TPSA) is 84.4 Å². The summed E-state index contributed by atoms with van der Waals surface area (Å²) in [4.78, 5) is 45.8. The second-order valence-corrected chi connectivity index (χ2v) is 8.02. The van der Waals surface area contributed by atoms with Crippen molar-refractivity contribution in [3.8, 4) is 0 Å². The number of hydrogen-bond acceptors (Lipinski definition) is 4. The predicted octanol–water partition coefficient (Wildman–Crippen LogP) is 3.42. The van der Waals surface area contributed by atoms with Gasteiger partial charge < -0.3 is 4.98 Å². The summed E-state index contributed by atoms with van der Waals surface area (Å²) in [6.45, 7) is 1.41. The first-order valence-corrected chi connectivity index (χ1v) is 10.0. The van der Waals surface area contributed by atoms with Crippen LogP contribution in [0.2, 0.25) is 5.02 Å². The van der Waals surface area contributed by atoms with Crippen LogP contribution < -0.4 is 11.2 Å². The lowest BCUT2D eigenvalue weighted by Gasteiger charge is -2.21. The number of aromatic nitrogens is 2. The largest absolute Gasteiger partial charge is 0.329 e. The molecular weight excluding hydrogens is 481 g/mol. The van der Waals surface area contributed by atoms with Crippen molar-refractivity contribution >= 4 is 44.3 Å². The average molecular weight is 499 g/mol. The molecule has 0 radical (unpaired) electrons. The third-order valence-electron chi connectivity index (χ3n) is 4.84. The number of fused-ring (bicyclic) bond motifs is 1. The van der Waals surface area contributed by atoms with Gasteiger partial charge in [-0.05, 0) is 30.7 Å². The summed E-state index contributed by atoms with van der Waals surface area (Å²) in [5.74, 6) is -2.56. The van der Waals surface area contributed by atoms with Gasteiger partial charge in [0.05, 0.1) is 35.5 Å². The van der Waals surface area contributed by atoms with E-state index in [0.29, 0.717) is 5.56 Å². The molecular formula is C20H18BrClFN3O4. The summed E-state index contributed by atoms with van der Waals surface area (Å²) in [7, 11) is 2.66. The lowest BCUT2D eigenvalue weighted by atomic mass is 9.95. The summed E-state index contributed by atoms with van der Waals surface area (Å²) in [6, 6.07) is 8.23. The van der Waals surface area contributed by atoms with Gasteiger partial charge in [0.15, 0.2) is 0 Å². The van der Waals surface area contributed by atoms with Gasteiger partial charge in [-0.1, -0.05) is 39.7 Å². The number of H-pyrrole nitrogens is 1. The maximum absolute atomic E-state index is 15.0. The Morgan fingerprint density at radius 3 is 2.57 bits per heavy atom. The molecule has 10 heteroatoms. The van der Waals surface area contributed by atoms with Gasteiger partial charge in [-0.25, -0.2) is 14.2 Å². The van der Waals surface area contributed by atoms with Crippen molar-refractivity contribution in [1.29, 1.82) is 0 Å². The van der Waals surface area contributed by atoms with Crippen molar-refractivity contribution in [2.24, 2.45) is 0 Å². The summed E-state index contributed by atoms with van der Waals surface area (Å²) < 4.78 is 16.8. The molecule has 1 atom stereocenters. The van der Waals surface area contributed by atoms with E-state index in [9.17, 15) is 14.4 Å². The van der Waals surface area contributed by atoms with Crippen LogP contribution in [0.3, 0.4) is 0 Å². The molecule has 30 heavy (non-hydrogen) atoms. The summed E-state index contributed by atoms with van der Waals surface area (Å²) >= 11 is 9.30. The standard InChI is InChI=1S/C20H18BrClFN3O4/c1-10(18(27)25(2)30-3)15-16-14(8-13(22)17(15)23)24-20(29)26(19(16)28)9-11-4-6-12(21)7-5-11/h4-8,10H,9H2,1-3H3,(H,24,29). The monoisotopic (exact) mass is 497 g/mol. The van der Waals surface area contributed by atoms with Gasteiger partial charge in [0.1, 0.15) is 5.82 Å². The van der Waals surface area contributed by atoms with Crippen LogP contribution >= 0.6 is 27.5 Å². The fourth-order valence-electron chi connectivity index (χ4n) is 3.19. The van der Waals surface area contributed by atoms with Crippen LogP contribution in [-0.4, -0.2) is 34.7 Å². The molecule has 1 N–H and O–H groups in total. The first-order chi connectivity index (χ1) is 14.1. The summed E-state index contributed by atoms with van der Waals surface area (Å²) in [5, 5.41) is 0.514. The lowest BCUT2D eigenvalue weighted by molar-refractivity contribution is -0.170. The molecule has 3 rings (SSSR count). The average Bonchev–Trinajstić information content (AvgIpc) is 2.72. The van der Waals surface area contributed by atoms with Crippen LogP contribution in [0.5, 0.6) is 0 Å². The molecule has 1 aromatic heterocycles. The fourth-order valence-corrected chi connectivity index (χ4v) is 3.67. The van der Waals surface area contributed by atoms with Gasteiger partial charge in [0.25, 0.3) is 11.5 Å². The van der Waals surface area contributed by atoms with Crippen LogP contribution in [0.1, 0.15) is 24.0 Å². The number of likely N-dealkylation sites (N-methyl/N-ethyl adjacent to an activating group) is 1. The number of benzene rings is 2. The van der Waals surface area contributed by atoms with Crippen molar-refractivity contribution in [2.45, 2.75) is 19.4 Å². The lowest BCUT2D eigenvalue weighted by Crippen LogP contribution is -2.37. The summed E-state index contributed by atoms with van der Waals surface area (Å²) in [6.07, 6.45) is 0. The van der Waals surface area contributed by atoms with Crippen LogP contribution in [0, 0.1) is 5.82 Å². The van der Waals surface area contributed by atoms with Gasteiger partial charge in [-0.2, -0.15) is 0 Å². The Labute approximate surface area is 184 Å². The summed E-state index contributed by atoms with van der Waals surface area (Å²) in [5.41, 5.74) is -0.834. The van der Waals surface area contributed by atoms with Gasteiger partial charge >= 0.3 is 5.69 Å². The molecule has 1 unspecified atom stereocenters. The van der Waals surface area contributed by atoms with E-state index in [2.05, 4.69) is 20.9 Å². The number of hydroxylamine groups is 2. The van der Waals surface area contributed by atoms with E-state index in [-0.39, 0.29) is 28.0 Å². The second kappa shape index (κ2) is 8.71. The number of rotatable bonds is 5. The number of hydrogen-bond donors (Lipinski definition) is 1. The fraction of sp³-hybridized carbons (Fsp3) is 0.250. The molecule has 7 nitrogen and oxygen atoms in total. The van der Waals surface area contributed by atoms with E-state index in [4.69, 9.17) is 16.4 Å². The zero-order valence-corrected chi connectivity index (χ0v) is 18.7. The molecule has 0 aliphatic carbocycles. The Kier molecular flexibility index (Phi) is 6.44. The van der Waals surface area contributed by atoms with Gasteiger partial charge in [0.2, 0.25) is 0 Å². The maximum Gasteiger partial charge on any atom is 0.329 e. The molecule has 0 aliphatic rings. The minimum Gasteiger partial charge on any atom is -0.307 e. The quantitative estimate of drug-likeness (QED) is 0.547. The Bertz CT molecular complexity index is 1240. The minimum atomic E-state index is -1.09. The van der Waals surface area contributed by atoms with Crippen molar-refractivity contribution in [3.05, 3.63) is 77.6 Å². The van der Waals surface area contributed by atoms with E-state index in [1.807, 2.05) is 0 Å². The Balaban J connectivity index is 2.27. The van der Waals surface area contributed by atoms with Crippen LogP contribution in [-0.2, 0) is 16.2 Å². The Hall–Kier alpha value is -2.49. The zero-order chi connectivity index (χ0) is 22.2. The highest BCUT2D eigenvalue weighted by Crippen LogP contribution is 2.31. The molecule has 0 bridgehead atoms.